The Hall–Kier alpha value is -1.54. The highest BCUT2D eigenvalue weighted by Gasteiger charge is 2.15. The molecule has 0 N–H and O–H groups in total. The number of nitrogens with zero attached hydrogens (tertiary/aromatic N) is 1. The fourth-order valence-electron chi connectivity index (χ4n) is 2.05. The van der Waals surface area contributed by atoms with Gasteiger partial charge in [-0.25, -0.2) is 8.42 Å². The zero-order chi connectivity index (χ0) is 15.6. The lowest BCUT2D eigenvalue weighted by Crippen LogP contribution is -2.28. The van der Waals surface area contributed by atoms with Gasteiger partial charge in [0.2, 0.25) is 20.9 Å². The third-order valence-corrected chi connectivity index (χ3v) is 4.66. The highest BCUT2D eigenvalue weighted by molar-refractivity contribution is 7.80. The monoisotopic (exact) mass is 325 g/mol. The molecule has 0 unspecified atom stereocenters. The minimum absolute atomic E-state index is 0.808. The van der Waals surface area contributed by atoms with Crippen molar-refractivity contribution in [2.45, 2.75) is 6.92 Å². The highest BCUT2D eigenvalue weighted by atomic mass is 32.3. The largest absolute Gasteiger partial charge is 0.726 e. The van der Waals surface area contributed by atoms with Crippen LogP contribution in [0.4, 0.5) is 0 Å². The molecule has 0 fully saturated rings. The van der Waals surface area contributed by atoms with E-state index < -0.39 is 10.4 Å². The van der Waals surface area contributed by atoms with E-state index in [-0.39, 0.29) is 0 Å². The van der Waals surface area contributed by atoms with Gasteiger partial charge in [-0.15, -0.1) is 0 Å². The van der Waals surface area contributed by atoms with Gasteiger partial charge in [0.1, 0.15) is 11.7 Å². The van der Waals surface area contributed by atoms with Crippen LogP contribution in [-0.2, 0) is 21.6 Å². The van der Waals surface area contributed by atoms with Gasteiger partial charge in [-0.1, -0.05) is 35.6 Å². The predicted molar refractivity (Wildman–Crippen MR) is 82.0 cm³/mol. The Balaban J connectivity index is 0.000000232. The summed E-state index contributed by atoms with van der Waals surface area (Å²) in [4.78, 5) is 0. The van der Waals surface area contributed by atoms with E-state index in [2.05, 4.69) is 59.1 Å². The van der Waals surface area contributed by atoms with Gasteiger partial charge in [-0.3, -0.25) is 4.18 Å². The number of hydrogen-bond acceptors (Lipinski definition) is 5. The van der Waals surface area contributed by atoms with Crippen molar-refractivity contribution in [3.05, 3.63) is 41.4 Å². The van der Waals surface area contributed by atoms with E-state index in [1.165, 1.54) is 26.0 Å². The van der Waals surface area contributed by atoms with Gasteiger partial charge in [-0.2, -0.15) is 4.57 Å². The second kappa shape index (κ2) is 6.07. The van der Waals surface area contributed by atoms with Gasteiger partial charge < -0.3 is 4.55 Å². The summed E-state index contributed by atoms with van der Waals surface area (Å²) in [5, 5.41) is 4.02. The second-order valence-electron chi connectivity index (χ2n) is 4.39. The van der Waals surface area contributed by atoms with E-state index in [0.717, 1.165) is 7.11 Å². The van der Waals surface area contributed by atoms with Gasteiger partial charge in [0.25, 0.3) is 0 Å². The lowest BCUT2D eigenvalue weighted by molar-refractivity contribution is -0.645. The molecule has 0 atom stereocenters. The molecule has 112 valence electrons. The van der Waals surface area contributed by atoms with E-state index in [1.54, 1.807) is 0 Å². The van der Waals surface area contributed by atoms with Gasteiger partial charge in [0.15, 0.2) is 0 Å². The van der Waals surface area contributed by atoms with Crippen molar-refractivity contribution in [1.82, 2.24) is 0 Å². The molecule has 0 amide bonds. The first kappa shape index (κ1) is 15.8. The van der Waals surface area contributed by atoms with Crippen LogP contribution in [0.25, 0.3) is 21.0 Å². The van der Waals surface area contributed by atoms with Crippen LogP contribution >= 0.6 is 11.3 Å². The van der Waals surface area contributed by atoms with E-state index >= 15 is 0 Å². The van der Waals surface area contributed by atoms with Crippen molar-refractivity contribution >= 4 is 42.7 Å². The number of rotatable bonds is 1. The Bertz CT molecular complexity index is 885. The standard InChI is InChI=1S/C13H12NS.CH4O4S/c1-9-14(2)13-11-6-4-3-5-10(11)7-8-12(13)15-9;1-5-6(2,3)4/h3-8H,1-2H3;1H3,(H,2,3,4)/q+1;/p-1. The SMILES string of the molecule is COS(=O)(=O)[O-].Cc1sc2ccc3ccccc3c2[n+]1C. The molecule has 1 aromatic heterocycles. The zero-order valence-electron chi connectivity index (χ0n) is 11.9. The number of thiazole rings is 1. The molecule has 0 aliphatic heterocycles. The molecule has 0 saturated heterocycles. The second-order valence-corrected chi connectivity index (χ2v) is 6.77. The van der Waals surface area contributed by atoms with Gasteiger partial charge in [0.05, 0.1) is 12.5 Å². The summed E-state index contributed by atoms with van der Waals surface area (Å²) in [7, 11) is -1.46. The molecule has 3 rings (SSSR count). The maximum Gasteiger partial charge on any atom is 0.234 e. The van der Waals surface area contributed by atoms with Crippen molar-refractivity contribution in [3.63, 3.8) is 0 Å². The number of benzene rings is 2. The van der Waals surface area contributed by atoms with Gasteiger partial charge >= 0.3 is 0 Å². The molecule has 0 aliphatic carbocycles. The van der Waals surface area contributed by atoms with E-state index in [4.69, 9.17) is 0 Å². The Morgan fingerprint density at radius 3 is 2.43 bits per heavy atom. The van der Waals surface area contributed by atoms with Crippen molar-refractivity contribution in [2.75, 3.05) is 7.11 Å². The van der Waals surface area contributed by atoms with Gasteiger partial charge in [0, 0.05) is 6.92 Å². The van der Waals surface area contributed by atoms with Crippen molar-refractivity contribution in [3.8, 4) is 0 Å². The first-order chi connectivity index (χ1) is 9.83. The van der Waals surface area contributed by atoms with Crippen LogP contribution in [0.15, 0.2) is 36.4 Å². The first-order valence-electron chi connectivity index (χ1n) is 6.12. The number of fused-ring (bicyclic) bond motifs is 3. The minimum atomic E-state index is -4.41. The van der Waals surface area contributed by atoms with Gasteiger partial charge in [-0.05, 0) is 17.5 Å². The average Bonchev–Trinajstić information content (AvgIpc) is 2.74. The first-order valence-corrected chi connectivity index (χ1v) is 8.27. The molecule has 2 aromatic carbocycles. The van der Waals surface area contributed by atoms with Crippen molar-refractivity contribution in [1.29, 1.82) is 0 Å². The molecule has 0 radical (unpaired) electrons. The molecule has 5 nitrogen and oxygen atoms in total. The molecule has 1 heterocycles. The predicted octanol–water partition coefficient (Wildman–Crippen LogP) is 2.28. The summed E-state index contributed by atoms with van der Waals surface area (Å²) < 4.78 is 34.7. The van der Waals surface area contributed by atoms with Crippen LogP contribution in [0.1, 0.15) is 5.01 Å². The fourth-order valence-corrected chi connectivity index (χ4v) is 3.07. The molecule has 3 aromatic rings. The molecule has 21 heavy (non-hydrogen) atoms. The maximum atomic E-state index is 9.22. The fraction of sp³-hybridized carbons (Fsp3) is 0.214. The number of aromatic nitrogens is 1. The third kappa shape index (κ3) is 3.56. The average molecular weight is 325 g/mol. The van der Waals surface area contributed by atoms with Crippen LogP contribution in [0.3, 0.4) is 0 Å². The van der Waals surface area contributed by atoms with E-state index in [0.29, 0.717) is 0 Å². The van der Waals surface area contributed by atoms with Crippen LogP contribution in [0, 0.1) is 6.92 Å². The summed E-state index contributed by atoms with van der Waals surface area (Å²) >= 11 is 1.86. The Labute approximate surface area is 127 Å². The minimum Gasteiger partial charge on any atom is -0.726 e. The quantitative estimate of drug-likeness (QED) is 0.391. The zero-order valence-corrected chi connectivity index (χ0v) is 13.5. The molecular formula is C14H15NO4S2. The van der Waals surface area contributed by atoms with Crippen molar-refractivity contribution < 1.29 is 21.7 Å². The van der Waals surface area contributed by atoms with Crippen molar-refractivity contribution in [2.24, 2.45) is 7.05 Å². The summed E-state index contributed by atoms with van der Waals surface area (Å²) in [6.07, 6.45) is 0. The maximum absolute atomic E-state index is 9.22. The van der Waals surface area contributed by atoms with E-state index in [1.807, 2.05) is 11.3 Å². The summed E-state index contributed by atoms with van der Waals surface area (Å²) in [6.45, 7) is 2.17. The Morgan fingerprint density at radius 1 is 1.19 bits per heavy atom. The summed E-state index contributed by atoms with van der Waals surface area (Å²) in [5.41, 5.74) is 1.36. The lowest BCUT2D eigenvalue weighted by Gasteiger charge is -1.98. The third-order valence-electron chi connectivity index (χ3n) is 3.13. The molecule has 0 aliphatic rings. The van der Waals surface area contributed by atoms with E-state index in [9.17, 15) is 13.0 Å². The van der Waals surface area contributed by atoms with Crippen LogP contribution in [-0.4, -0.2) is 20.1 Å². The van der Waals surface area contributed by atoms with Crippen LogP contribution < -0.4 is 4.57 Å². The molecule has 0 bridgehead atoms. The highest BCUT2D eigenvalue weighted by Crippen LogP contribution is 2.27. The number of hydrogen-bond donors (Lipinski definition) is 0. The molecule has 7 heteroatoms. The van der Waals surface area contributed by atoms with Crippen LogP contribution in [0.2, 0.25) is 0 Å². The molecular weight excluding hydrogens is 310 g/mol. The Morgan fingerprint density at radius 2 is 1.81 bits per heavy atom. The molecule has 0 saturated carbocycles. The lowest BCUT2D eigenvalue weighted by atomic mass is 10.1. The molecule has 0 spiro atoms. The van der Waals surface area contributed by atoms with Crippen LogP contribution in [0.5, 0.6) is 0 Å². The number of aryl methyl sites for hydroxylation is 2. The summed E-state index contributed by atoms with van der Waals surface area (Å²) in [6, 6.07) is 13.0. The topological polar surface area (TPSA) is 70.3 Å². The summed E-state index contributed by atoms with van der Waals surface area (Å²) in [5.74, 6) is 0. The smallest absolute Gasteiger partial charge is 0.234 e. The Kier molecular flexibility index (Phi) is 4.58. The normalized spacial score (nSPS) is 11.4.